The number of nitrogens with zero attached hydrogens (tertiary/aromatic N) is 2. The van der Waals surface area contributed by atoms with Gasteiger partial charge in [-0.25, -0.2) is 9.97 Å². The van der Waals surface area contributed by atoms with Gasteiger partial charge in [-0.2, -0.15) is 0 Å². The highest BCUT2D eigenvalue weighted by atomic mass is 79.9. The monoisotopic (exact) mass is 295 g/mol. The number of hydrogen-bond acceptors (Lipinski definition) is 3. The fourth-order valence-corrected chi connectivity index (χ4v) is 1.64. The molecule has 1 heterocycles. The predicted octanol–water partition coefficient (Wildman–Crippen LogP) is 3.36. The van der Waals surface area contributed by atoms with Crippen molar-refractivity contribution in [3.63, 3.8) is 0 Å². The number of rotatable bonds is 4. The van der Waals surface area contributed by atoms with E-state index in [0.717, 1.165) is 35.6 Å². The lowest BCUT2D eigenvalue weighted by molar-refractivity contribution is 0.544. The Bertz CT molecular complexity index is 416. The van der Waals surface area contributed by atoms with E-state index in [4.69, 9.17) is 6.42 Å². The number of unbranched alkanes of at least 4 members (excludes halogenated alkanes) is 1. The molecule has 0 fully saturated rings. The van der Waals surface area contributed by atoms with E-state index in [1.807, 2.05) is 6.07 Å². The van der Waals surface area contributed by atoms with Crippen LogP contribution in [0.2, 0.25) is 0 Å². The minimum Gasteiger partial charge on any atom is -0.370 e. The second kappa shape index (κ2) is 6.02. The summed E-state index contributed by atoms with van der Waals surface area (Å²) in [6.45, 7) is 7.11. The fourth-order valence-electron chi connectivity index (χ4n) is 1.25. The topological polar surface area (TPSA) is 37.8 Å². The Hall–Kier alpha value is -1.08. The van der Waals surface area contributed by atoms with Gasteiger partial charge in [0.25, 0.3) is 0 Å². The first-order chi connectivity index (χ1) is 7.93. The van der Waals surface area contributed by atoms with Crippen molar-refractivity contribution in [2.75, 3.05) is 11.9 Å². The summed E-state index contributed by atoms with van der Waals surface area (Å²) >= 11 is 3.40. The molecule has 0 spiro atoms. The van der Waals surface area contributed by atoms with Gasteiger partial charge in [-0.05, 0) is 22.4 Å². The Morgan fingerprint density at radius 2 is 2.12 bits per heavy atom. The first-order valence-electron chi connectivity index (χ1n) is 5.66. The molecule has 0 amide bonds. The van der Waals surface area contributed by atoms with Crippen molar-refractivity contribution in [1.29, 1.82) is 0 Å². The van der Waals surface area contributed by atoms with E-state index in [0.29, 0.717) is 0 Å². The van der Waals surface area contributed by atoms with Crippen LogP contribution in [0.4, 0.5) is 5.82 Å². The Balaban J connectivity index is 2.73. The summed E-state index contributed by atoms with van der Waals surface area (Å²) in [4.78, 5) is 8.88. The molecule has 0 unspecified atom stereocenters. The van der Waals surface area contributed by atoms with Crippen LogP contribution >= 0.6 is 15.9 Å². The molecule has 4 heteroatoms. The molecule has 92 valence electrons. The Labute approximate surface area is 112 Å². The maximum Gasteiger partial charge on any atom is 0.137 e. The average Bonchev–Trinajstić information content (AvgIpc) is 2.22. The molecule has 0 aliphatic rings. The van der Waals surface area contributed by atoms with E-state index in [-0.39, 0.29) is 5.41 Å². The van der Waals surface area contributed by atoms with Gasteiger partial charge in [0.2, 0.25) is 0 Å². The van der Waals surface area contributed by atoms with Crippen molar-refractivity contribution < 1.29 is 0 Å². The van der Waals surface area contributed by atoms with E-state index in [1.165, 1.54) is 0 Å². The van der Waals surface area contributed by atoms with Crippen molar-refractivity contribution in [1.82, 2.24) is 9.97 Å². The van der Waals surface area contributed by atoms with E-state index in [2.05, 4.69) is 57.9 Å². The molecule has 0 radical (unpaired) electrons. The van der Waals surface area contributed by atoms with Gasteiger partial charge < -0.3 is 5.32 Å². The van der Waals surface area contributed by atoms with Gasteiger partial charge in [0.1, 0.15) is 16.2 Å². The maximum atomic E-state index is 5.20. The SMILES string of the molecule is C#CCCCNc1cc(Br)nc(C(C)(C)C)n1. The van der Waals surface area contributed by atoms with Crippen LogP contribution in [-0.4, -0.2) is 16.5 Å². The second-order valence-corrected chi connectivity index (χ2v) is 5.70. The van der Waals surface area contributed by atoms with Gasteiger partial charge >= 0.3 is 0 Å². The summed E-state index contributed by atoms with van der Waals surface area (Å²) in [6, 6.07) is 1.88. The molecular formula is C13H18BrN3. The van der Waals surface area contributed by atoms with E-state index in [9.17, 15) is 0 Å². The van der Waals surface area contributed by atoms with Crippen molar-refractivity contribution in [2.24, 2.45) is 0 Å². The molecule has 1 aromatic heterocycles. The number of terminal acetylenes is 1. The Morgan fingerprint density at radius 3 is 2.71 bits per heavy atom. The van der Waals surface area contributed by atoms with Crippen LogP contribution in [0.1, 0.15) is 39.4 Å². The molecule has 0 aromatic carbocycles. The van der Waals surface area contributed by atoms with Gasteiger partial charge in [0, 0.05) is 24.4 Å². The molecule has 1 rings (SSSR count). The van der Waals surface area contributed by atoms with Crippen LogP contribution in [0.3, 0.4) is 0 Å². The van der Waals surface area contributed by atoms with Crippen molar-refractivity contribution in [3.8, 4) is 12.3 Å². The van der Waals surface area contributed by atoms with Gasteiger partial charge in [0.15, 0.2) is 0 Å². The quantitative estimate of drug-likeness (QED) is 0.526. The number of aromatic nitrogens is 2. The molecule has 0 aliphatic heterocycles. The lowest BCUT2D eigenvalue weighted by Gasteiger charge is -2.17. The summed E-state index contributed by atoms with van der Waals surface area (Å²) in [5.41, 5.74) is -0.0565. The van der Waals surface area contributed by atoms with E-state index in [1.54, 1.807) is 0 Å². The summed E-state index contributed by atoms with van der Waals surface area (Å²) in [5.74, 6) is 4.29. The predicted molar refractivity (Wildman–Crippen MR) is 75.0 cm³/mol. The molecule has 0 bridgehead atoms. The molecule has 0 saturated carbocycles. The third-order valence-corrected chi connectivity index (χ3v) is 2.58. The van der Waals surface area contributed by atoms with E-state index < -0.39 is 0 Å². The summed E-state index contributed by atoms with van der Waals surface area (Å²) in [6.07, 6.45) is 6.93. The summed E-state index contributed by atoms with van der Waals surface area (Å²) < 4.78 is 0.803. The van der Waals surface area contributed by atoms with Gasteiger partial charge in [-0.15, -0.1) is 12.3 Å². The van der Waals surface area contributed by atoms with Crippen molar-refractivity contribution >= 4 is 21.7 Å². The molecule has 0 atom stereocenters. The Kier molecular flexibility index (Phi) is 4.95. The van der Waals surface area contributed by atoms with Crippen LogP contribution in [0.25, 0.3) is 0 Å². The highest BCUT2D eigenvalue weighted by Gasteiger charge is 2.18. The van der Waals surface area contributed by atoms with Gasteiger partial charge in [-0.3, -0.25) is 0 Å². The molecule has 1 N–H and O–H groups in total. The van der Waals surface area contributed by atoms with E-state index >= 15 is 0 Å². The third kappa shape index (κ3) is 4.74. The molecular weight excluding hydrogens is 278 g/mol. The third-order valence-electron chi connectivity index (χ3n) is 2.17. The summed E-state index contributed by atoms with van der Waals surface area (Å²) in [7, 11) is 0. The molecule has 0 saturated heterocycles. The number of hydrogen-bond donors (Lipinski definition) is 1. The average molecular weight is 296 g/mol. The largest absolute Gasteiger partial charge is 0.370 e. The van der Waals surface area contributed by atoms with Crippen LogP contribution in [0.15, 0.2) is 10.7 Å². The van der Waals surface area contributed by atoms with Crippen LogP contribution in [0.5, 0.6) is 0 Å². The first-order valence-corrected chi connectivity index (χ1v) is 6.45. The fraction of sp³-hybridized carbons (Fsp3) is 0.538. The molecule has 3 nitrogen and oxygen atoms in total. The zero-order valence-electron chi connectivity index (χ0n) is 10.5. The number of halogens is 1. The van der Waals surface area contributed by atoms with Gasteiger partial charge in [-0.1, -0.05) is 20.8 Å². The molecule has 17 heavy (non-hydrogen) atoms. The zero-order valence-corrected chi connectivity index (χ0v) is 12.1. The lowest BCUT2D eigenvalue weighted by Crippen LogP contribution is -2.17. The minimum absolute atomic E-state index is 0.0565. The molecule has 1 aromatic rings. The maximum absolute atomic E-state index is 5.20. The highest BCUT2D eigenvalue weighted by Crippen LogP contribution is 2.22. The van der Waals surface area contributed by atoms with Crippen LogP contribution in [0, 0.1) is 12.3 Å². The normalized spacial score (nSPS) is 11.0. The number of anilines is 1. The highest BCUT2D eigenvalue weighted by molar-refractivity contribution is 9.10. The standard InChI is InChI=1S/C13H18BrN3/c1-5-6-7-8-15-11-9-10(14)16-12(17-11)13(2,3)4/h1,9H,6-8H2,2-4H3,(H,15,16,17). The first kappa shape index (κ1) is 14.0. The van der Waals surface area contributed by atoms with Crippen LogP contribution in [-0.2, 0) is 5.41 Å². The Morgan fingerprint density at radius 1 is 1.41 bits per heavy atom. The molecule has 0 aliphatic carbocycles. The minimum atomic E-state index is -0.0565. The summed E-state index contributed by atoms with van der Waals surface area (Å²) in [5, 5.41) is 3.26. The number of nitrogens with one attached hydrogen (secondary N) is 1. The van der Waals surface area contributed by atoms with Crippen molar-refractivity contribution in [2.45, 2.75) is 39.0 Å². The smallest absolute Gasteiger partial charge is 0.137 e. The van der Waals surface area contributed by atoms with Gasteiger partial charge in [0.05, 0.1) is 0 Å². The van der Waals surface area contributed by atoms with Crippen LogP contribution < -0.4 is 5.32 Å². The zero-order chi connectivity index (χ0) is 12.9. The second-order valence-electron chi connectivity index (χ2n) is 4.88. The lowest BCUT2D eigenvalue weighted by atomic mass is 9.96. The van der Waals surface area contributed by atoms with Crippen molar-refractivity contribution in [3.05, 3.63) is 16.5 Å².